The fourth-order valence-electron chi connectivity index (χ4n) is 3.30. The lowest BCUT2D eigenvalue weighted by atomic mass is 10.1. The van der Waals surface area contributed by atoms with E-state index >= 15 is 0 Å². The van der Waals surface area contributed by atoms with Gasteiger partial charge in [0.05, 0.1) is 17.6 Å². The molecule has 4 rings (SSSR count). The van der Waals surface area contributed by atoms with Gasteiger partial charge in [-0.25, -0.2) is 0 Å². The first-order valence-electron chi connectivity index (χ1n) is 9.92. The SMILES string of the molecule is COc1cc(/C=C2\SC(=O)N(CCNC(=O)c3cccc4c3OCO4)C2=O)ccc1OC(F)F. The average molecular weight is 492 g/mol. The highest BCUT2D eigenvalue weighted by molar-refractivity contribution is 8.18. The number of benzene rings is 2. The van der Waals surface area contributed by atoms with Gasteiger partial charge in [0.1, 0.15) is 0 Å². The average Bonchev–Trinajstić information content (AvgIpc) is 3.39. The molecule has 1 saturated heterocycles. The van der Waals surface area contributed by atoms with E-state index in [-0.39, 0.29) is 41.9 Å². The van der Waals surface area contributed by atoms with Crippen molar-refractivity contribution in [1.82, 2.24) is 10.2 Å². The van der Waals surface area contributed by atoms with E-state index < -0.39 is 23.7 Å². The second kappa shape index (κ2) is 10.00. The molecule has 2 aromatic carbocycles. The van der Waals surface area contributed by atoms with E-state index in [4.69, 9.17) is 14.2 Å². The molecule has 0 unspecified atom stereocenters. The van der Waals surface area contributed by atoms with E-state index in [2.05, 4.69) is 10.1 Å². The monoisotopic (exact) mass is 492 g/mol. The summed E-state index contributed by atoms with van der Waals surface area (Å²) in [5, 5.41) is 2.16. The molecule has 0 atom stereocenters. The van der Waals surface area contributed by atoms with Crippen LogP contribution in [0.3, 0.4) is 0 Å². The van der Waals surface area contributed by atoms with Crippen LogP contribution in [0.5, 0.6) is 23.0 Å². The minimum Gasteiger partial charge on any atom is -0.493 e. The van der Waals surface area contributed by atoms with E-state index in [1.165, 1.54) is 31.4 Å². The lowest BCUT2D eigenvalue weighted by molar-refractivity contribution is -0.122. The fraction of sp³-hybridized carbons (Fsp3) is 0.227. The van der Waals surface area contributed by atoms with Crippen LogP contribution in [0.15, 0.2) is 41.3 Å². The maximum Gasteiger partial charge on any atom is 0.387 e. The predicted octanol–water partition coefficient (Wildman–Crippen LogP) is 3.49. The van der Waals surface area contributed by atoms with Gasteiger partial charge in [-0.15, -0.1) is 0 Å². The van der Waals surface area contributed by atoms with Crippen molar-refractivity contribution in [3.63, 3.8) is 0 Å². The molecule has 0 radical (unpaired) electrons. The summed E-state index contributed by atoms with van der Waals surface area (Å²) in [6.07, 6.45) is 1.45. The Labute approximate surface area is 196 Å². The van der Waals surface area contributed by atoms with Crippen LogP contribution in [0.4, 0.5) is 13.6 Å². The second-order valence-corrected chi connectivity index (χ2v) is 7.91. The van der Waals surface area contributed by atoms with Gasteiger partial charge in [0, 0.05) is 13.1 Å². The van der Waals surface area contributed by atoms with Gasteiger partial charge >= 0.3 is 6.61 Å². The summed E-state index contributed by atoms with van der Waals surface area (Å²) < 4.78 is 45.0. The molecule has 2 aromatic rings. The van der Waals surface area contributed by atoms with Crippen molar-refractivity contribution in [2.24, 2.45) is 0 Å². The highest BCUT2D eigenvalue weighted by Crippen LogP contribution is 2.36. The smallest absolute Gasteiger partial charge is 0.387 e. The first kappa shape index (κ1) is 23.4. The maximum absolute atomic E-state index is 12.7. The minimum atomic E-state index is -3.01. The molecule has 1 N–H and O–H groups in total. The Morgan fingerprint density at radius 1 is 1.24 bits per heavy atom. The molecule has 3 amide bonds. The molecule has 0 saturated carbocycles. The molecular formula is C22H18F2N2O7S. The summed E-state index contributed by atoms with van der Waals surface area (Å²) >= 11 is 0.734. The van der Waals surface area contributed by atoms with Gasteiger partial charge < -0.3 is 24.3 Å². The van der Waals surface area contributed by atoms with Gasteiger partial charge in [-0.3, -0.25) is 19.3 Å². The second-order valence-electron chi connectivity index (χ2n) is 6.92. The van der Waals surface area contributed by atoms with Gasteiger partial charge in [0.15, 0.2) is 23.0 Å². The van der Waals surface area contributed by atoms with Crippen LogP contribution in [0, 0.1) is 0 Å². The Hall–Kier alpha value is -3.80. The van der Waals surface area contributed by atoms with Crippen molar-refractivity contribution in [2.45, 2.75) is 6.61 Å². The summed E-state index contributed by atoms with van der Waals surface area (Å²) in [5.41, 5.74) is 0.745. The fourth-order valence-corrected chi connectivity index (χ4v) is 4.16. The summed E-state index contributed by atoms with van der Waals surface area (Å²) in [6.45, 7) is -3.00. The number of rotatable bonds is 8. The number of nitrogens with zero attached hydrogens (tertiary/aromatic N) is 1. The lowest BCUT2D eigenvalue weighted by Gasteiger charge is -2.13. The summed E-state index contributed by atoms with van der Waals surface area (Å²) in [6, 6.07) is 9.07. The zero-order valence-corrected chi connectivity index (χ0v) is 18.5. The first-order valence-corrected chi connectivity index (χ1v) is 10.7. The molecule has 9 nitrogen and oxygen atoms in total. The number of amides is 3. The molecule has 2 heterocycles. The number of thioether (sulfide) groups is 1. The third kappa shape index (κ3) is 4.91. The number of halogens is 2. The number of nitrogens with one attached hydrogen (secondary N) is 1. The molecule has 0 aliphatic carbocycles. The normalized spacial score (nSPS) is 15.9. The number of ether oxygens (including phenoxy) is 4. The van der Waals surface area contributed by atoms with Crippen LogP contribution >= 0.6 is 11.8 Å². The Balaban J connectivity index is 1.39. The molecule has 178 valence electrons. The van der Waals surface area contributed by atoms with Crippen molar-refractivity contribution in [2.75, 3.05) is 27.0 Å². The summed E-state index contributed by atoms with van der Waals surface area (Å²) in [5.74, 6) is -0.252. The van der Waals surface area contributed by atoms with Gasteiger partial charge in [-0.05, 0) is 47.7 Å². The number of imide groups is 1. The zero-order chi connectivity index (χ0) is 24.2. The summed E-state index contributed by atoms with van der Waals surface area (Å²) in [4.78, 5) is 38.7. The quantitative estimate of drug-likeness (QED) is 0.559. The highest BCUT2D eigenvalue weighted by Gasteiger charge is 2.35. The molecular weight excluding hydrogens is 474 g/mol. The highest BCUT2D eigenvalue weighted by atomic mass is 32.2. The third-order valence-corrected chi connectivity index (χ3v) is 5.74. The number of alkyl halides is 2. The molecule has 0 aromatic heterocycles. The van der Waals surface area contributed by atoms with E-state index in [1.807, 2.05) is 0 Å². The van der Waals surface area contributed by atoms with E-state index in [9.17, 15) is 23.2 Å². The van der Waals surface area contributed by atoms with Crippen LogP contribution in [-0.4, -0.2) is 55.6 Å². The number of hydrogen-bond donors (Lipinski definition) is 1. The minimum absolute atomic E-state index is 0.0244. The van der Waals surface area contributed by atoms with Gasteiger partial charge in [0.2, 0.25) is 6.79 Å². The number of fused-ring (bicyclic) bond motifs is 1. The summed E-state index contributed by atoms with van der Waals surface area (Å²) in [7, 11) is 1.29. The Morgan fingerprint density at radius 2 is 2.06 bits per heavy atom. The number of carbonyl (C=O) groups excluding carboxylic acids is 3. The Morgan fingerprint density at radius 3 is 2.82 bits per heavy atom. The van der Waals surface area contributed by atoms with Gasteiger partial charge in [-0.2, -0.15) is 8.78 Å². The largest absolute Gasteiger partial charge is 0.493 e. The zero-order valence-electron chi connectivity index (χ0n) is 17.7. The van der Waals surface area contributed by atoms with Gasteiger partial charge in [0.25, 0.3) is 17.1 Å². The van der Waals surface area contributed by atoms with Crippen LogP contribution in [0.25, 0.3) is 6.08 Å². The van der Waals surface area contributed by atoms with Crippen LogP contribution < -0.4 is 24.3 Å². The van der Waals surface area contributed by atoms with Crippen LogP contribution in [0.2, 0.25) is 0 Å². The maximum atomic E-state index is 12.7. The number of para-hydroxylation sites is 1. The standard InChI is InChI=1S/C22H18F2N2O7S/c1-30-16-9-12(5-6-14(16)33-21(23)24)10-17-20(28)26(22(29)34-17)8-7-25-19(27)13-3-2-4-15-18(13)32-11-31-15/h2-6,9-10,21H,7-8,11H2,1H3,(H,25,27)/b17-10-. The van der Waals surface area contributed by atoms with Gasteiger partial charge in [-0.1, -0.05) is 12.1 Å². The molecule has 34 heavy (non-hydrogen) atoms. The van der Waals surface area contributed by atoms with Crippen molar-refractivity contribution in [1.29, 1.82) is 0 Å². The van der Waals surface area contributed by atoms with Crippen molar-refractivity contribution >= 4 is 34.9 Å². The molecule has 0 spiro atoms. The van der Waals surface area contributed by atoms with Crippen LogP contribution in [0.1, 0.15) is 15.9 Å². The Kier molecular flexibility index (Phi) is 6.87. The number of hydrogen-bond acceptors (Lipinski definition) is 8. The molecule has 2 aliphatic rings. The number of carbonyl (C=O) groups is 3. The Bertz CT molecular complexity index is 1170. The van der Waals surface area contributed by atoms with Crippen LogP contribution in [-0.2, 0) is 4.79 Å². The third-order valence-electron chi connectivity index (χ3n) is 4.84. The molecule has 2 aliphatic heterocycles. The lowest BCUT2D eigenvalue weighted by Crippen LogP contribution is -2.37. The van der Waals surface area contributed by atoms with E-state index in [1.54, 1.807) is 18.2 Å². The van der Waals surface area contributed by atoms with E-state index in [0.717, 1.165) is 16.7 Å². The van der Waals surface area contributed by atoms with Crippen molar-refractivity contribution < 1.29 is 42.1 Å². The molecule has 1 fully saturated rings. The van der Waals surface area contributed by atoms with Crippen molar-refractivity contribution in [3.8, 4) is 23.0 Å². The first-order chi connectivity index (χ1) is 16.4. The molecule has 12 heteroatoms. The topological polar surface area (TPSA) is 103 Å². The molecule has 0 bridgehead atoms. The number of methoxy groups -OCH3 is 1. The van der Waals surface area contributed by atoms with E-state index in [0.29, 0.717) is 17.1 Å². The predicted molar refractivity (Wildman–Crippen MR) is 117 cm³/mol. The van der Waals surface area contributed by atoms with Crippen molar-refractivity contribution in [3.05, 3.63) is 52.4 Å².